The van der Waals surface area contributed by atoms with E-state index in [2.05, 4.69) is 0 Å². The van der Waals surface area contributed by atoms with E-state index in [1.807, 2.05) is 91.0 Å². The van der Waals surface area contributed by atoms with E-state index in [9.17, 15) is 14.4 Å². The van der Waals surface area contributed by atoms with Crippen LogP contribution < -0.4 is 15.9 Å². The second-order valence-corrected chi connectivity index (χ2v) is 15.5. The molecule has 0 aliphatic rings. The van der Waals surface area contributed by atoms with Crippen molar-refractivity contribution in [2.24, 2.45) is 0 Å². The van der Waals surface area contributed by atoms with Crippen LogP contribution in [0.15, 0.2) is 91.0 Å². The molecule has 0 spiro atoms. The van der Waals surface area contributed by atoms with Gasteiger partial charge in [0.15, 0.2) is 0 Å². The van der Waals surface area contributed by atoms with Gasteiger partial charge in [0.05, 0.1) is 0 Å². The Labute approximate surface area is 155 Å². The van der Waals surface area contributed by atoms with Crippen LogP contribution >= 0.6 is 6.04 Å². The third-order valence-electron chi connectivity index (χ3n) is 4.24. The van der Waals surface area contributed by atoms with Gasteiger partial charge in [0.25, 0.3) is 0 Å². The summed E-state index contributed by atoms with van der Waals surface area (Å²) in [5.74, 6) is 0. The van der Waals surface area contributed by atoms with E-state index in [0.29, 0.717) is 15.8 Å². The van der Waals surface area contributed by atoms with E-state index in [1.165, 1.54) is 0 Å². The topological polar surface area (TPSA) is 51.2 Å². The molecule has 0 saturated heterocycles. The fourth-order valence-electron chi connectivity index (χ4n) is 3.17. The molecule has 26 heavy (non-hydrogen) atoms. The van der Waals surface area contributed by atoms with Gasteiger partial charge in [0.1, 0.15) is 0 Å². The van der Waals surface area contributed by atoms with Gasteiger partial charge in [-0.25, -0.2) is 0 Å². The SMILES string of the molecule is O=[CH][Ni]([CH]=O)([CH]=O)[PH](c1ccccc1)(c1ccccc1)c1ccccc1. The van der Waals surface area contributed by atoms with E-state index in [-0.39, 0.29) is 0 Å². The van der Waals surface area contributed by atoms with Crippen LogP contribution in [0.4, 0.5) is 0 Å². The number of hydrogen-bond acceptors (Lipinski definition) is 3. The fourth-order valence-corrected chi connectivity index (χ4v) is 15.0. The number of benzene rings is 3. The summed E-state index contributed by atoms with van der Waals surface area (Å²) < 4.78 is 0. The number of carbonyl (C=O) groups excluding carboxylic acids is 3. The van der Waals surface area contributed by atoms with Crippen molar-refractivity contribution in [3.8, 4) is 0 Å². The summed E-state index contributed by atoms with van der Waals surface area (Å²) in [6, 6.07) is 25.3. The molecule has 0 aromatic heterocycles. The molecule has 0 heterocycles. The molecule has 3 aromatic carbocycles. The average molecular weight is 409 g/mol. The summed E-state index contributed by atoms with van der Waals surface area (Å²) in [5.41, 5.74) is 0. The molecule has 0 aliphatic heterocycles. The number of hydrogen-bond donors (Lipinski definition) is 0. The Morgan fingerprint density at radius 1 is 0.500 bits per heavy atom. The first-order valence-electron chi connectivity index (χ1n) is 7.89. The summed E-state index contributed by atoms with van der Waals surface area (Å²) in [6.45, 7) is 0. The maximum atomic E-state index is 12.3. The van der Waals surface area contributed by atoms with Crippen LogP contribution in [0.5, 0.6) is 0 Å². The van der Waals surface area contributed by atoms with Crippen molar-refractivity contribution < 1.29 is 26.3 Å². The molecule has 3 nitrogen and oxygen atoms in total. The van der Waals surface area contributed by atoms with Crippen LogP contribution in [-0.4, -0.2) is 15.8 Å². The van der Waals surface area contributed by atoms with Crippen LogP contribution in [-0.2, 0) is 26.3 Å². The minimum absolute atomic E-state index is 0.614. The van der Waals surface area contributed by atoms with Crippen LogP contribution in [0.1, 0.15) is 0 Å². The van der Waals surface area contributed by atoms with Crippen LogP contribution in [0.2, 0.25) is 0 Å². The van der Waals surface area contributed by atoms with Gasteiger partial charge in [-0.3, -0.25) is 0 Å². The van der Waals surface area contributed by atoms with Crippen molar-refractivity contribution in [2.45, 2.75) is 0 Å². The van der Waals surface area contributed by atoms with Crippen molar-refractivity contribution >= 4 is 37.7 Å². The monoisotopic (exact) mass is 408 g/mol. The normalized spacial score (nSPS) is 12.8. The summed E-state index contributed by atoms with van der Waals surface area (Å²) >= 11 is -3.01. The molecule has 3 rings (SSSR count). The molecule has 136 valence electrons. The summed E-state index contributed by atoms with van der Waals surface area (Å²) in [6.07, 6.45) is 0. The Morgan fingerprint density at radius 2 is 0.769 bits per heavy atom. The summed E-state index contributed by atoms with van der Waals surface area (Å²) in [7, 11) is 0. The van der Waals surface area contributed by atoms with Crippen molar-refractivity contribution in [3.63, 3.8) is 0 Å². The Balaban J connectivity index is 2.54. The molecule has 0 saturated carbocycles. The molecule has 3 aromatic rings. The molecule has 0 bridgehead atoms. The van der Waals surface area contributed by atoms with Gasteiger partial charge in [-0.15, -0.1) is 0 Å². The summed E-state index contributed by atoms with van der Waals surface area (Å²) in [4.78, 5) is 36.8. The molecule has 0 radical (unpaired) electrons. The second-order valence-electron chi connectivity index (χ2n) is 5.52. The van der Waals surface area contributed by atoms with E-state index < -0.39 is 18.0 Å². The summed E-state index contributed by atoms with van der Waals surface area (Å²) in [5, 5.41) is 4.48. The van der Waals surface area contributed by atoms with E-state index in [0.717, 1.165) is 15.9 Å². The van der Waals surface area contributed by atoms with Crippen molar-refractivity contribution in [2.75, 3.05) is 0 Å². The third kappa shape index (κ3) is 2.76. The Morgan fingerprint density at radius 3 is 1.00 bits per heavy atom. The van der Waals surface area contributed by atoms with E-state index >= 15 is 0 Å². The van der Waals surface area contributed by atoms with Gasteiger partial charge in [0.2, 0.25) is 0 Å². The van der Waals surface area contributed by atoms with Crippen LogP contribution in [0.3, 0.4) is 0 Å². The predicted octanol–water partition coefficient (Wildman–Crippen LogP) is 2.35. The first-order valence-corrected chi connectivity index (χ1v) is 12.9. The maximum absolute atomic E-state index is 12.3. The standard InChI is InChI=1S/C18H15P.3CHO.Ni/c1-4-10-16(11-5-1)19(17-12-6-2-7-13-17)18-14-8-3-9-15-18;3*1-2;/h1-15H;3*1H;/q;;;;-1/p+1. The first-order chi connectivity index (χ1) is 12.7. The third-order valence-corrected chi connectivity index (χ3v) is 16.8. The molecule has 0 amide bonds. The Bertz CT molecular complexity index is 780. The quantitative estimate of drug-likeness (QED) is 0.342. The van der Waals surface area contributed by atoms with Gasteiger partial charge in [-0.1, -0.05) is 0 Å². The molecule has 0 N–H and O–H groups in total. The zero-order chi connectivity index (χ0) is 18.5. The average Bonchev–Trinajstić information content (AvgIpc) is 2.74. The van der Waals surface area contributed by atoms with Crippen LogP contribution in [0.25, 0.3) is 0 Å². The zero-order valence-electron chi connectivity index (χ0n) is 13.9. The Hall–Kier alpha value is -2.41. The molecule has 0 fully saturated rings. The first kappa shape index (κ1) is 18.4. The van der Waals surface area contributed by atoms with Crippen molar-refractivity contribution in [1.29, 1.82) is 0 Å². The number of carbonyl (C=O) groups is 3. The van der Waals surface area contributed by atoms with Gasteiger partial charge < -0.3 is 0 Å². The van der Waals surface area contributed by atoms with Gasteiger partial charge in [-0.05, 0) is 0 Å². The zero-order valence-corrected chi connectivity index (χ0v) is 15.9. The van der Waals surface area contributed by atoms with Crippen molar-refractivity contribution in [1.82, 2.24) is 0 Å². The van der Waals surface area contributed by atoms with Gasteiger partial charge in [0, 0.05) is 0 Å². The molecule has 5 heteroatoms. The molecule has 0 aliphatic carbocycles. The van der Waals surface area contributed by atoms with E-state index in [4.69, 9.17) is 0 Å². The Kier molecular flexibility index (Phi) is 5.56. The van der Waals surface area contributed by atoms with Crippen LogP contribution in [0, 0.1) is 0 Å². The van der Waals surface area contributed by atoms with Gasteiger partial charge in [-0.2, -0.15) is 0 Å². The fraction of sp³-hybridized carbons (Fsp3) is 0. The molecule has 0 atom stereocenters. The molecule has 0 unspecified atom stereocenters. The molecular formula is C21H19NiO3P. The number of rotatable bonds is 7. The minimum atomic E-state index is -3.21. The van der Waals surface area contributed by atoms with Crippen molar-refractivity contribution in [3.05, 3.63) is 91.0 Å². The van der Waals surface area contributed by atoms with Gasteiger partial charge >= 0.3 is 155 Å². The molecular weight excluding hydrogens is 390 g/mol. The predicted molar refractivity (Wildman–Crippen MR) is 107 cm³/mol. The second kappa shape index (κ2) is 7.87. The van der Waals surface area contributed by atoms with E-state index in [1.54, 1.807) is 0 Å².